The smallest absolute Gasteiger partial charge is 0.273 e. The number of carbonyl (C=O) groups excluding carboxylic acids is 1. The van der Waals surface area contributed by atoms with Crippen LogP contribution in [0, 0.1) is 11.3 Å². The molecule has 0 N–H and O–H groups in total. The molecule has 0 bridgehead atoms. The van der Waals surface area contributed by atoms with Crippen molar-refractivity contribution in [1.82, 2.24) is 24.6 Å². The van der Waals surface area contributed by atoms with Gasteiger partial charge in [0.15, 0.2) is 5.82 Å². The Morgan fingerprint density at radius 2 is 1.67 bits per heavy atom. The van der Waals surface area contributed by atoms with Gasteiger partial charge in [-0.05, 0) is 35.4 Å². The molecule has 1 amide bonds. The Hall–Kier alpha value is -4.97. The second kappa shape index (κ2) is 10.8. The molecule has 0 spiro atoms. The minimum Gasteiger partial charge on any atom is -0.325 e. The van der Waals surface area contributed by atoms with E-state index >= 15 is 0 Å². The highest BCUT2D eigenvalue weighted by Gasteiger charge is 2.25. The van der Waals surface area contributed by atoms with Gasteiger partial charge in [0.25, 0.3) is 11.8 Å². The molecule has 9 heteroatoms. The summed E-state index contributed by atoms with van der Waals surface area (Å²) in [5, 5.41) is 18.3. The summed E-state index contributed by atoms with van der Waals surface area (Å²) in [6.45, 7) is 1.58. The lowest BCUT2D eigenvalue weighted by atomic mass is 10.1. The Labute approximate surface area is 224 Å². The first kappa shape index (κ1) is 25.7. The summed E-state index contributed by atoms with van der Waals surface area (Å²) in [5.74, 6) is -2.73. The summed E-state index contributed by atoms with van der Waals surface area (Å²) in [5.41, 5.74) is 3.07. The van der Waals surface area contributed by atoms with Crippen LogP contribution in [0.3, 0.4) is 0 Å². The SMILES string of the molecule is CC(F)(F)c1ccc(CN(Cc2nncn2Cc2ccc(C#N)cc2)C(=O)c2ccc3ccccc3n2)cc1. The monoisotopic (exact) mass is 522 g/mol. The summed E-state index contributed by atoms with van der Waals surface area (Å²) in [4.78, 5) is 19.9. The van der Waals surface area contributed by atoms with E-state index < -0.39 is 5.92 Å². The Kier molecular flexibility index (Phi) is 7.10. The van der Waals surface area contributed by atoms with Crippen LogP contribution < -0.4 is 0 Å². The number of hydrogen-bond acceptors (Lipinski definition) is 5. The number of carbonyl (C=O) groups is 1. The minimum atomic E-state index is -2.95. The van der Waals surface area contributed by atoms with Crippen LogP contribution in [0.15, 0.2) is 91.3 Å². The van der Waals surface area contributed by atoms with Crippen LogP contribution in [0.5, 0.6) is 0 Å². The van der Waals surface area contributed by atoms with Gasteiger partial charge < -0.3 is 9.47 Å². The minimum absolute atomic E-state index is 0.0949. The maximum absolute atomic E-state index is 13.7. The largest absolute Gasteiger partial charge is 0.325 e. The summed E-state index contributed by atoms with van der Waals surface area (Å²) in [7, 11) is 0. The number of fused-ring (bicyclic) bond motifs is 1. The van der Waals surface area contributed by atoms with Gasteiger partial charge in [-0.1, -0.05) is 60.7 Å². The van der Waals surface area contributed by atoms with E-state index in [1.165, 1.54) is 12.1 Å². The van der Waals surface area contributed by atoms with Gasteiger partial charge in [-0.2, -0.15) is 5.26 Å². The van der Waals surface area contributed by atoms with Crippen LogP contribution in [0.25, 0.3) is 10.9 Å². The second-order valence-electron chi connectivity index (χ2n) is 9.32. The van der Waals surface area contributed by atoms with Gasteiger partial charge in [0.2, 0.25) is 0 Å². The molecule has 0 aliphatic heterocycles. The van der Waals surface area contributed by atoms with Crippen LogP contribution in [0.2, 0.25) is 0 Å². The molecule has 7 nitrogen and oxygen atoms in total. The number of rotatable bonds is 8. The number of halogens is 2. The van der Waals surface area contributed by atoms with Crippen LogP contribution in [-0.2, 0) is 25.6 Å². The highest BCUT2D eigenvalue weighted by Crippen LogP contribution is 2.27. The van der Waals surface area contributed by atoms with Gasteiger partial charge in [-0.15, -0.1) is 10.2 Å². The van der Waals surface area contributed by atoms with Gasteiger partial charge in [-0.25, -0.2) is 13.8 Å². The lowest BCUT2D eigenvalue weighted by Gasteiger charge is -2.23. The number of pyridine rings is 1. The Balaban J connectivity index is 1.44. The number of para-hydroxylation sites is 1. The van der Waals surface area contributed by atoms with Crippen LogP contribution in [0.1, 0.15) is 45.5 Å². The maximum atomic E-state index is 13.7. The lowest BCUT2D eigenvalue weighted by molar-refractivity contribution is 0.0174. The number of alkyl halides is 2. The zero-order chi connectivity index (χ0) is 27.4. The Morgan fingerprint density at radius 3 is 2.38 bits per heavy atom. The third kappa shape index (κ3) is 5.96. The molecule has 5 aromatic rings. The molecule has 3 aromatic carbocycles. The molecule has 39 heavy (non-hydrogen) atoms. The number of nitrogens with zero attached hydrogens (tertiary/aromatic N) is 6. The van der Waals surface area contributed by atoms with Crippen molar-refractivity contribution in [3.8, 4) is 6.07 Å². The number of nitriles is 1. The van der Waals surface area contributed by atoms with Crippen molar-refractivity contribution < 1.29 is 13.6 Å². The first-order chi connectivity index (χ1) is 18.8. The fourth-order valence-electron chi connectivity index (χ4n) is 4.26. The summed E-state index contributed by atoms with van der Waals surface area (Å²) in [6.07, 6.45) is 1.59. The van der Waals surface area contributed by atoms with E-state index in [1.807, 2.05) is 47.0 Å². The fraction of sp³-hybridized carbons (Fsp3) is 0.167. The zero-order valence-corrected chi connectivity index (χ0v) is 21.1. The lowest BCUT2D eigenvalue weighted by Crippen LogP contribution is -2.32. The predicted molar refractivity (Wildman–Crippen MR) is 142 cm³/mol. The normalized spacial score (nSPS) is 11.3. The van der Waals surface area contributed by atoms with Crippen LogP contribution in [0.4, 0.5) is 8.78 Å². The van der Waals surface area contributed by atoms with E-state index in [-0.39, 0.29) is 30.3 Å². The standard InChI is InChI=1S/C30H24F2N6O/c1-30(31,32)25-13-10-23(11-14-25)17-37(29(39)27-15-12-24-4-2-3-5-26(24)35-27)19-28-36-34-20-38(28)18-22-8-6-21(16-33)7-9-22/h2-15,20H,17-19H2,1H3. The molecule has 0 atom stereocenters. The molecule has 0 radical (unpaired) electrons. The molecule has 194 valence electrons. The highest BCUT2D eigenvalue weighted by molar-refractivity contribution is 5.94. The molecule has 0 unspecified atom stereocenters. The van der Waals surface area contributed by atoms with Crippen LogP contribution >= 0.6 is 0 Å². The molecule has 2 aromatic heterocycles. The van der Waals surface area contributed by atoms with E-state index in [4.69, 9.17) is 5.26 Å². The second-order valence-corrected chi connectivity index (χ2v) is 9.32. The zero-order valence-electron chi connectivity index (χ0n) is 21.1. The molecule has 0 aliphatic rings. The maximum Gasteiger partial charge on any atom is 0.273 e. The molecule has 5 rings (SSSR count). The summed E-state index contributed by atoms with van der Waals surface area (Å²) < 4.78 is 29.3. The van der Waals surface area contributed by atoms with E-state index in [2.05, 4.69) is 21.3 Å². The summed E-state index contributed by atoms with van der Waals surface area (Å²) >= 11 is 0. The molecule has 0 fully saturated rings. The number of amides is 1. The Morgan fingerprint density at radius 1 is 0.949 bits per heavy atom. The predicted octanol–water partition coefficient (Wildman–Crippen LogP) is 5.70. The third-order valence-electron chi connectivity index (χ3n) is 6.40. The molecule has 0 saturated carbocycles. The van der Waals surface area contributed by atoms with Crippen molar-refractivity contribution in [2.24, 2.45) is 0 Å². The van der Waals surface area contributed by atoms with Gasteiger partial charge in [0, 0.05) is 24.4 Å². The van der Waals surface area contributed by atoms with Crippen molar-refractivity contribution in [2.45, 2.75) is 32.5 Å². The summed E-state index contributed by atoms with van der Waals surface area (Å²) in [6, 6.07) is 26.3. The number of benzene rings is 3. The molecule has 0 aliphatic carbocycles. The average Bonchev–Trinajstić information content (AvgIpc) is 3.38. The van der Waals surface area contributed by atoms with E-state index in [1.54, 1.807) is 41.6 Å². The van der Waals surface area contributed by atoms with Crippen LogP contribution in [-0.4, -0.2) is 30.6 Å². The number of hydrogen-bond donors (Lipinski definition) is 0. The third-order valence-corrected chi connectivity index (χ3v) is 6.40. The van der Waals surface area contributed by atoms with Gasteiger partial charge >= 0.3 is 0 Å². The van der Waals surface area contributed by atoms with Gasteiger partial charge in [-0.3, -0.25) is 4.79 Å². The van der Waals surface area contributed by atoms with Crippen molar-refractivity contribution >= 4 is 16.8 Å². The van der Waals surface area contributed by atoms with Crippen molar-refractivity contribution in [2.75, 3.05) is 0 Å². The van der Waals surface area contributed by atoms with E-state index in [0.29, 0.717) is 29.0 Å². The van der Waals surface area contributed by atoms with E-state index in [9.17, 15) is 13.6 Å². The van der Waals surface area contributed by atoms with Crippen molar-refractivity contribution in [3.05, 3.63) is 125 Å². The quantitative estimate of drug-likeness (QED) is 0.261. The average molecular weight is 523 g/mol. The van der Waals surface area contributed by atoms with Gasteiger partial charge in [0.05, 0.1) is 30.2 Å². The Bertz CT molecular complexity index is 1650. The first-order valence-electron chi connectivity index (χ1n) is 12.3. The molecular formula is C30H24F2N6O. The molecular weight excluding hydrogens is 498 g/mol. The van der Waals surface area contributed by atoms with Gasteiger partial charge in [0.1, 0.15) is 12.0 Å². The fourth-order valence-corrected chi connectivity index (χ4v) is 4.26. The molecule has 0 saturated heterocycles. The van der Waals surface area contributed by atoms with E-state index in [0.717, 1.165) is 17.9 Å². The van der Waals surface area contributed by atoms with Crippen molar-refractivity contribution in [3.63, 3.8) is 0 Å². The first-order valence-corrected chi connectivity index (χ1v) is 12.3. The van der Waals surface area contributed by atoms with Crippen molar-refractivity contribution in [1.29, 1.82) is 5.26 Å². The highest BCUT2D eigenvalue weighted by atomic mass is 19.3. The number of aromatic nitrogens is 4. The molecule has 2 heterocycles. The topological polar surface area (TPSA) is 87.7 Å².